The van der Waals surface area contributed by atoms with Crippen LogP contribution < -0.4 is 9.80 Å². The van der Waals surface area contributed by atoms with Crippen molar-refractivity contribution in [2.24, 2.45) is 0 Å². The number of non-ortho nitro benzene ring substituents is 1. The second-order valence-electron chi connectivity index (χ2n) is 7.50. The Kier molecular flexibility index (Phi) is 5.75. The zero-order chi connectivity index (χ0) is 22.3. The molecule has 0 saturated carbocycles. The number of carbonyl (C=O) groups excluding carboxylic acids is 1. The van der Waals surface area contributed by atoms with Crippen LogP contribution in [0.15, 0.2) is 45.8 Å². The minimum Gasteiger partial charge on any atom is -0.369 e. The molecule has 2 aliphatic heterocycles. The maximum Gasteiger partial charge on any atom is 0.269 e. The quantitative estimate of drug-likeness (QED) is 0.464. The first-order chi connectivity index (χ1) is 14.7. The lowest BCUT2D eigenvalue weighted by Gasteiger charge is -2.36. The first-order valence-electron chi connectivity index (χ1n) is 9.78. The standard InChI is InChI=1S/C20H21BrN4O5S/c1-14(26)24-7-6-15-12-16(21)13-19(20(15)24)31(29,30)23-10-8-22(9-11-23)17-2-4-18(5-3-17)25(27)28/h2-5,12-13H,6-11H2,1H3. The smallest absolute Gasteiger partial charge is 0.269 e. The summed E-state index contributed by atoms with van der Waals surface area (Å²) in [7, 11) is -3.81. The van der Waals surface area contributed by atoms with E-state index in [0.29, 0.717) is 36.2 Å². The molecule has 1 fully saturated rings. The maximum absolute atomic E-state index is 13.5. The van der Waals surface area contributed by atoms with Gasteiger partial charge in [-0.25, -0.2) is 8.42 Å². The van der Waals surface area contributed by atoms with Gasteiger partial charge in [0.1, 0.15) is 4.90 Å². The predicted octanol–water partition coefficient (Wildman–Crippen LogP) is 2.78. The topological polar surface area (TPSA) is 104 Å². The monoisotopic (exact) mass is 508 g/mol. The minimum atomic E-state index is -3.81. The number of fused-ring (bicyclic) bond motifs is 1. The number of rotatable bonds is 4. The predicted molar refractivity (Wildman–Crippen MR) is 120 cm³/mol. The number of nitro benzene ring substituents is 1. The van der Waals surface area contributed by atoms with Crippen molar-refractivity contribution < 1.29 is 18.1 Å². The molecule has 11 heteroatoms. The third-order valence-electron chi connectivity index (χ3n) is 5.66. The van der Waals surface area contributed by atoms with Crippen molar-refractivity contribution in [3.05, 3.63) is 56.5 Å². The molecule has 9 nitrogen and oxygen atoms in total. The molecule has 164 valence electrons. The lowest BCUT2D eigenvalue weighted by Crippen LogP contribution is -2.48. The summed E-state index contributed by atoms with van der Waals surface area (Å²) in [5.74, 6) is -0.180. The van der Waals surface area contributed by atoms with Gasteiger partial charge in [-0.15, -0.1) is 0 Å². The summed E-state index contributed by atoms with van der Waals surface area (Å²) in [5.41, 5.74) is 2.15. The van der Waals surface area contributed by atoms with Gasteiger partial charge in [0.05, 0.1) is 10.6 Å². The van der Waals surface area contributed by atoms with Crippen LogP contribution in [0.3, 0.4) is 0 Å². The number of nitrogens with zero attached hydrogens (tertiary/aromatic N) is 4. The van der Waals surface area contributed by atoms with Crippen LogP contribution in [0.1, 0.15) is 12.5 Å². The van der Waals surface area contributed by atoms with Gasteiger partial charge in [0.15, 0.2) is 0 Å². The molecule has 0 radical (unpaired) electrons. The summed E-state index contributed by atoms with van der Waals surface area (Å²) in [4.78, 5) is 26.1. The summed E-state index contributed by atoms with van der Waals surface area (Å²) in [6.07, 6.45) is 0.616. The molecule has 1 saturated heterocycles. The molecule has 0 aliphatic carbocycles. The Labute approximate surface area is 188 Å². The van der Waals surface area contributed by atoms with E-state index >= 15 is 0 Å². The highest BCUT2D eigenvalue weighted by Gasteiger charge is 2.36. The van der Waals surface area contributed by atoms with Gasteiger partial charge in [0.2, 0.25) is 15.9 Å². The Hall–Kier alpha value is -2.50. The number of piperazine rings is 1. The molecular formula is C20H21BrN4O5S. The first kappa shape index (κ1) is 21.7. The van der Waals surface area contributed by atoms with Gasteiger partial charge in [-0.3, -0.25) is 14.9 Å². The van der Waals surface area contributed by atoms with Crippen molar-refractivity contribution >= 4 is 48.9 Å². The van der Waals surface area contributed by atoms with Crippen molar-refractivity contribution in [2.75, 3.05) is 42.5 Å². The largest absolute Gasteiger partial charge is 0.369 e. The number of sulfonamides is 1. The van der Waals surface area contributed by atoms with E-state index in [2.05, 4.69) is 15.9 Å². The maximum atomic E-state index is 13.5. The summed E-state index contributed by atoms with van der Waals surface area (Å²) in [6.45, 7) is 3.39. The molecule has 0 aromatic heterocycles. The number of benzene rings is 2. The Bertz CT molecular complexity index is 1140. The molecule has 4 rings (SSSR count). The van der Waals surface area contributed by atoms with Gasteiger partial charge >= 0.3 is 0 Å². The van der Waals surface area contributed by atoms with Crippen LogP contribution in [0.5, 0.6) is 0 Å². The normalized spacial score (nSPS) is 17.0. The second-order valence-corrected chi connectivity index (χ2v) is 10.3. The lowest BCUT2D eigenvalue weighted by atomic mass is 10.2. The van der Waals surface area contributed by atoms with Crippen molar-refractivity contribution in [1.82, 2.24) is 4.31 Å². The number of hydrogen-bond donors (Lipinski definition) is 0. The van der Waals surface area contributed by atoms with E-state index in [-0.39, 0.29) is 29.6 Å². The molecule has 2 heterocycles. The van der Waals surface area contributed by atoms with Crippen LogP contribution in [-0.4, -0.2) is 56.3 Å². The average molecular weight is 509 g/mol. The van der Waals surface area contributed by atoms with Gasteiger partial charge in [0, 0.05) is 61.9 Å². The van der Waals surface area contributed by atoms with Crippen molar-refractivity contribution in [1.29, 1.82) is 0 Å². The highest BCUT2D eigenvalue weighted by Crippen LogP contribution is 2.39. The van der Waals surface area contributed by atoms with Crippen LogP contribution in [-0.2, 0) is 21.2 Å². The molecular weight excluding hydrogens is 488 g/mol. The Morgan fingerprint density at radius 1 is 1.06 bits per heavy atom. The van der Waals surface area contributed by atoms with Crippen LogP contribution in [0.2, 0.25) is 0 Å². The second kappa shape index (κ2) is 8.21. The Balaban J connectivity index is 1.57. The molecule has 0 atom stereocenters. The van der Waals surface area contributed by atoms with E-state index in [1.165, 1.54) is 28.3 Å². The fraction of sp³-hybridized carbons (Fsp3) is 0.350. The number of carbonyl (C=O) groups is 1. The van der Waals surface area contributed by atoms with E-state index in [1.807, 2.05) is 11.0 Å². The molecule has 0 unspecified atom stereocenters. The fourth-order valence-electron chi connectivity index (χ4n) is 4.09. The van der Waals surface area contributed by atoms with E-state index in [1.54, 1.807) is 18.2 Å². The van der Waals surface area contributed by atoms with Crippen molar-refractivity contribution in [3.8, 4) is 0 Å². The average Bonchev–Trinajstić information content (AvgIpc) is 3.17. The van der Waals surface area contributed by atoms with E-state index in [0.717, 1.165) is 11.3 Å². The van der Waals surface area contributed by atoms with Crippen molar-refractivity contribution in [2.45, 2.75) is 18.2 Å². The number of nitro groups is 1. The van der Waals surface area contributed by atoms with Crippen LogP contribution >= 0.6 is 15.9 Å². The summed E-state index contributed by atoms with van der Waals surface area (Å²) in [5, 5.41) is 10.8. The van der Waals surface area contributed by atoms with Crippen LogP contribution in [0, 0.1) is 10.1 Å². The summed E-state index contributed by atoms with van der Waals surface area (Å²) >= 11 is 3.40. The molecule has 0 N–H and O–H groups in total. The highest BCUT2D eigenvalue weighted by atomic mass is 79.9. The third-order valence-corrected chi connectivity index (χ3v) is 8.03. The number of hydrogen-bond acceptors (Lipinski definition) is 6. The van der Waals surface area contributed by atoms with E-state index in [9.17, 15) is 23.3 Å². The zero-order valence-corrected chi connectivity index (χ0v) is 19.2. The Morgan fingerprint density at radius 2 is 1.71 bits per heavy atom. The number of halogens is 1. The molecule has 0 spiro atoms. The van der Waals surface area contributed by atoms with Crippen LogP contribution in [0.25, 0.3) is 0 Å². The zero-order valence-electron chi connectivity index (χ0n) is 16.8. The fourth-order valence-corrected chi connectivity index (χ4v) is 6.43. The molecule has 1 amide bonds. The van der Waals surface area contributed by atoms with E-state index in [4.69, 9.17) is 0 Å². The summed E-state index contributed by atoms with van der Waals surface area (Å²) < 4.78 is 29.1. The third kappa shape index (κ3) is 4.04. The van der Waals surface area contributed by atoms with Gasteiger partial charge in [0.25, 0.3) is 5.69 Å². The summed E-state index contributed by atoms with van der Waals surface area (Å²) in [6, 6.07) is 9.67. The Morgan fingerprint density at radius 3 is 2.29 bits per heavy atom. The molecule has 2 aromatic rings. The number of amides is 1. The van der Waals surface area contributed by atoms with Gasteiger partial charge in [-0.05, 0) is 36.2 Å². The lowest BCUT2D eigenvalue weighted by molar-refractivity contribution is -0.384. The SMILES string of the molecule is CC(=O)N1CCc2cc(Br)cc(S(=O)(=O)N3CCN(c4ccc([N+](=O)[O-])cc4)CC3)c21. The molecule has 31 heavy (non-hydrogen) atoms. The van der Waals surface area contributed by atoms with Gasteiger partial charge in [-0.2, -0.15) is 4.31 Å². The molecule has 2 aromatic carbocycles. The highest BCUT2D eigenvalue weighted by molar-refractivity contribution is 9.10. The molecule has 2 aliphatic rings. The minimum absolute atomic E-state index is 0.0171. The van der Waals surface area contributed by atoms with Crippen molar-refractivity contribution in [3.63, 3.8) is 0 Å². The first-order valence-corrected chi connectivity index (χ1v) is 12.0. The number of anilines is 2. The van der Waals surface area contributed by atoms with Crippen LogP contribution in [0.4, 0.5) is 17.1 Å². The van der Waals surface area contributed by atoms with Gasteiger partial charge < -0.3 is 9.80 Å². The van der Waals surface area contributed by atoms with E-state index < -0.39 is 14.9 Å². The molecule has 0 bridgehead atoms. The van der Waals surface area contributed by atoms with Gasteiger partial charge in [-0.1, -0.05) is 15.9 Å².